The van der Waals surface area contributed by atoms with Crippen LogP contribution in [0.4, 0.5) is 0 Å². The molecule has 0 fully saturated rings. The van der Waals surface area contributed by atoms with Crippen molar-refractivity contribution in [3.63, 3.8) is 0 Å². The van der Waals surface area contributed by atoms with Crippen molar-refractivity contribution < 1.29 is 0 Å². The molecule has 0 saturated carbocycles. The Hall–Kier alpha value is -0.0651. The van der Waals surface area contributed by atoms with Crippen LogP contribution in [0.2, 0.25) is 5.82 Å². The van der Waals surface area contributed by atoms with Crippen LogP contribution in [0.1, 0.15) is 20.8 Å². The molecule has 0 amide bonds. The molecule has 0 atom stereocenters. The quantitative estimate of drug-likeness (QED) is 0.418. The first kappa shape index (κ1) is 5.93. The molecule has 0 aliphatic heterocycles. The predicted molar refractivity (Wildman–Crippen MR) is 32.6 cm³/mol. The van der Waals surface area contributed by atoms with Crippen molar-refractivity contribution in [3.05, 3.63) is 0 Å². The molecule has 0 rings (SSSR count). The van der Waals surface area contributed by atoms with Crippen LogP contribution in [-0.2, 0) is 0 Å². The fourth-order valence-electron chi connectivity index (χ4n) is 0.385. The summed E-state index contributed by atoms with van der Waals surface area (Å²) in [6.45, 7) is 8.54. The average molecular weight is 82.0 g/mol. The van der Waals surface area contributed by atoms with Gasteiger partial charge in [-0.15, -0.1) is 0 Å². The zero-order chi connectivity index (χ0) is 4.99. The van der Waals surface area contributed by atoms with Crippen LogP contribution >= 0.6 is 0 Å². The number of hydrogen-bond donors (Lipinski definition) is 0. The molecule has 6 heavy (non-hydrogen) atoms. The van der Waals surface area contributed by atoms with Gasteiger partial charge in [0.05, 0.1) is 0 Å². The van der Waals surface area contributed by atoms with Gasteiger partial charge in [0, 0.05) is 0 Å². The Labute approximate surface area is 40.5 Å². The van der Waals surface area contributed by atoms with E-state index in [1.165, 1.54) is 0 Å². The maximum absolute atomic E-state index is 2.17. The molecule has 0 saturated heterocycles. The standard InChI is InChI=1S/C5H11B/c1-4-6-5(2)3/h4-5H,1-3H3. The second-order valence-corrected chi connectivity index (χ2v) is 1.77. The summed E-state index contributed by atoms with van der Waals surface area (Å²) in [4.78, 5) is 0. The number of rotatable bonds is 1. The van der Waals surface area contributed by atoms with E-state index < -0.39 is 0 Å². The van der Waals surface area contributed by atoms with Crippen molar-refractivity contribution in [2.45, 2.75) is 26.6 Å². The van der Waals surface area contributed by atoms with Crippen LogP contribution in [0.15, 0.2) is 0 Å². The fourth-order valence-corrected chi connectivity index (χ4v) is 0.385. The Kier molecular flexibility index (Phi) is 3.10. The van der Waals surface area contributed by atoms with Crippen molar-refractivity contribution in [1.82, 2.24) is 0 Å². The molecular weight excluding hydrogens is 70.9 g/mol. The summed E-state index contributed by atoms with van der Waals surface area (Å²) in [6, 6.07) is 0. The summed E-state index contributed by atoms with van der Waals surface area (Å²) in [7, 11) is 0. The van der Waals surface area contributed by atoms with E-state index in [4.69, 9.17) is 0 Å². The summed E-state index contributed by atoms with van der Waals surface area (Å²) in [5, 5.41) is 0. The normalized spacial score (nSPS) is 10.0. The first-order valence-electron chi connectivity index (χ1n) is 2.40. The molecule has 0 aromatic rings. The van der Waals surface area contributed by atoms with Crippen LogP contribution in [0.5, 0.6) is 0 Å². The van der Waals surface area contributed by atoms with Crippen LogP contribution in [-0.4, -0.2) is 12.9 Å². The molecule has 0 nitrogen and oxygen atoms in total. The van der Waals surface area contributed by atoms with Crippen molar-refractivity contribution in [3.8, 4) is 0 Å². The Morgan fingerprint density at radius 3 is 2.00 bits per heavy atom. The van der Waals surface area contributed by atoms with E-state index in [9.17, 15) is 0 Å². The van der Waals surface area contributed by atoms with Gasteiger partial charge in [0.1, 0.15) is 0 Å². The first-order valence-corrected chi connectivity index (χ1v) is 2.40. The summed E-state index contributed by atoms with van der Waals surface area (Å²) in [6.07, 6.45) is 0. The van der Waals surface area contributed by atoms with Gasteiger partial charge in [-0.25, -0.2) is 0 Å². The fraction of sp³-hybridized carbons (Fsp3) is 0.800. The average Bonchev–Trinajstić information content (AvgIpc) is 1.35. The van der Waals surface area contributed by atoms with Gasteiger partial charge in [-0.3, -0.25) is 0 Å². The van der Waals surface area contributed by atoms with Gasteiger partial charge in [0.25, 0.3) is 0 Å². The van der Waals surface area contributed by atoms with E-state index in [0.29, 0.717) is 0 Å². The first-order chi connectivity index (χ1) is 2.77. The van der Waals surface area contributed by atoms with E-state index in [2.05, 4.69) is 26.7 Å². The van der Waals surface area contributed by atoms with Gasteiger partial charge in [0.15, 0.2) is 0 Å². The Morgan fingerprint density at radius 2 is 2.00 bits per heavy atom. The van der Waals surface area contributed by atoms with Gasteiger partial charge in [-0.05, 0) is 0 Å². The SMILES string of the molecule is CC=BC(C)C. The van der Waals surface area contributed by atoms with E-state index in [1.807, 2.05) is 6.92 Å². The van der Waals surface area contributed by atoms with E-state index >= 15 is 0 Å². The zero-order valence-corrected chi connectivity index (χ0v) is 4.73. The van der Waals surface area contributed by atoms with Crippen molar-refractivity contribution >= 4 is 12.9 Å². The summed E-state index contributed by atoms with van der Waals surface area (Å²) in [5.74, 6) is 2.79. The number of hydrogen-bond acceptors (Lipinski definition) is 0. The molecular formula is C5H11B. The van der Waals surface area contributed by atoms with E-state index in [0.717, 1.165) is 5.82 Å². The molecule has 0 heterocycles. The molecule has 0 aromatic carbocycles. The van der Waals surface area contributed by atoms with Crippen LogP contribution in [0.25, 0.3) is 0 Å². The van der Waals surface area contributed by atoms with Gasteiger partial charge < -0.3 is 0 Å². The van der Waals surface area contributed by atoms with E-state index in [-0.39, 0.29) is 0 Å². The summed E-state index contributed by atoms with van der Waals surface area (Å²) in [5.41, 5.74) is 0. The predicted octanol–water partition coefficient (Wildman–Crippen LogP) is 1.34. The monoisotopic (exact) mass is 82.1 g/mol. The zero-order valence-electron chi connectivity index (χ0n) is 4.73. The van der Waals surface area contributed by atoms with E-state index in [1.54, 1.807) is 0 Å². The Morgan fingerprint density at radius 1 is 1.50 bits per heavy atom. The second-order valence-electron chi connectivity index (χ2n) is 1.77. The van der Waals surface area contributed by atoms with Crippen LogP contribution in [0, 0.1) is 0 Å². The van der Waals surface area contributed by atoms with Crippen LogP contribution < -0.4 is 0 Å². The van der Waals surface area contributed by atoms with Crippen molar-refractivity contribution in [2.24, 2.45) is 0 Å². The Bertz CT molecular complexity index is 45.9. The van der Waals surface area contributed by atoms with Crippen molar-refractivity contribution in [1.29, 1.82) is 0 Å². The van der Waals surface area contributed by atoms with Gasteiger partial charge in [-0.1, -0.05) is 0 Å². The molecule has 0 aliphatic carbocycles. The van der Waals surface area contributed by atoms with Gasteiger partial charge in [-0.2, -0.15) is 0 Å². The van der Waals surface area contributed by atoms with Crippen LogP contribution in [0.3, 0.4) is 0 Å². The molecule has 0 unspecified atom stereocenters. The Balaban J connectivity index is 3.03. The third-order valence-corrected chi connectivity index (χ3v) is 0.577. The topological polar surface area (TPSA) is 0 Å². The third-order valence-electron chi connectivity index (χ3n) is 0.577. The summed E-state index contributed by atoms with van der Waals surface area (Å²) >= 11 is 0. The third kappa shape index (κ3) is 3.93. The molecule has 0 bridgehead atoms. The van der Waals surface area contributed by atoms with Crippen molar-refractivity contribution in [2.75, 3.05) is 0 Å². The molecule has 1 heteroatoms. The molecule has 0 aliphatic rings. The molecule has 0 spiro atoms. The molecule has 34 valence electrons. The van der Waals surface area contributed by atoms with Gasteiger partial charge in [0.2, 0.25) is 0 Å². The summed E-state index contributed by atoms with van der Waals surface area (Å²) < 4.78 is 0. The minimum atomic E-state index is 0.718. The molecule has 0 radical (unpaired) electrons. The maximum atomic E-state index is 2.17. The minimum absolute atomic E-state index is 0.718. The van der Waals surface area contributed by atoms with Gasteiger partial charge >= 0.3 is 39.5 Å². The molecule has 0 N–H and O–H groups in total. The molecule has 0 aromatic heterocycles. The second kappa shape index (κ2) is 3.14.